The summed E-state index contributed by atoms with van der Waals surface area (Å²) in [6, 6.07) is 9.44. The van der Waals surface area contributed by atoms with E-state index in [1.165, 1.54) is 0 Å². The predicted molar refractivity (Wildman–Crippen MR) is 81.5 cm³/mol. The highest BCUT2D eigenvalue weighted by Gasteiger charge is 2.21. The quantitative estimate of drug-likeness (QED) is 0.888. The molecule has 5 nitrogen and oxygen atoms in total. The lowest BCUT2D eigenvalue weighted by molar-refractivity contribution is 0.0922. The van der Waals surface area contributed by atoms with Gasteiger partial charge in [-0.05, 0) is 19.4 Å². The molecule has 112 valence electrons. The van der Waals surface area contributed by atoms with E-state index >= 15 is 0 Å². The molecule has 2 N–H and O–H groups in total. The van der Waals surface area contributed by atoms with Crippen molar-refractivity contribution in [1.82, 2.24) is 15.1 Å². The van der Waals surface area contributed by atoms with E-state index in [2.05, 4.69) is 10.4 Å². The van der Waals surface area contributed by atoms with Crippen molar-refractivity contribution < 1.29 is 9.90 Å². The molecule has 0 saturated carbocycles. The Morgan fingerprint density at radius 2 is 2.10 bits per heavy atom. The first-order valence-electron chi connectivity index (χ1n) is 6.71. The Kier molecular flexibility index (Phi) is 4.98. The number of carbonyl (C=O) groups is 1. The van der Waals surface area contributed by atoms with E-state index in [1.54, 1.807) is 18.5 Å². The molecule has 1 atom stereocenters. The van der Waals surface area contributed by atoms with Gasteiger partial charge in [0.25, 0.3) is 5.91 Å². The summed E-state index contributed by atoms with van der Waals surface area (Å²) in [6.45, 7) is 3.84. The van der Waals surface area contributed by atoms with Crippen LogP contribution in [0.1, 0.15) is 28.5 Å². The monoisotopic (exact) mass is 307 g/mol. The van der Waals surface area contributed by atoms with Gasteiger partial charge in [-0.3, -0.25) is 4.79 Å². The molecule has 6 heteroatoms. The van der Waals surface area contributed by atoms with Crippen molar-refractivity contribution in [3.05, 3.63) is 52.3 Å². The maximum atomic E-state index is 12.2. The van der Waals surface area contributed by atoms with E-state index in [4.69, 9.17) is 16.7 Å². The Hall–Kier alpha value is -1.85. The van der Waals surface area contributed by atoms with Crippen LogP contribution >= 0.6 is 11.6 Å². The lowest BCUT2D eigenvalue weighted by Gasteiger charge is -2.10. The summed E-state index contributed by atoms with van der Waals surface area (Å²) in [5.74, 6) is -0.321. The van der Waals surface area contributed by atoms with Crippen molar-refractivity contribution in [3.8, 4) is 0 Å². The van der Waals surface area contributed by atoms with Gasteiger partial charge < -0.3 is 10.4 Å². The molecular weight excluding hydrogens is 290 g/mol. The molecule has 0 aliphatic heterocycles. The number of aliphatic hydroxyl groups is 1. The normalized spacial score (nSPS) is 12.2. The Labute approximate surface area is 128 Å². The van der Waals surface area contributed by atoms with Gasteiger partial charge in [0, 0.05) is 6.04 Å². The van der Waals surface area contributed by atoms with E-state index in [9.17, 15) is 4.79 Å². The minimum Gasteiger partial charge on any atom is -0.394 e. The van der Waals surface area contributed by atoms with Gasteiger partial charge in [-0.25, -0.2) is 4.68 Å². The van der Waals surface area contributed by atoms with Gasteiger partial charge in [-0.1, -0.05) is 41.9 Å². The summed E-state index contributed by atoms with van der Waals surface area (Å²) < 4.78 is 1.60. The van der Waals surface area contributed by atoms with Crippen LogP contribution in [0.5, 0.6) is 0 Å². The largest absolute Gasteiger partial charge is 0.394 e. The summed E-state index contributed by atoms with van der Waals surface area (Å²) in [5, 5.41) is 16.3. The lowest BCUT2D eigenvalue weighted by Crippen LogP contribution is -2.35. The highest BCUT2D eigenvalue weighted by molar-refractivity contribution is 6.33. The van der Waals surface area contributed by atoms with Crippen LogP contribution in [0.4, 0.5) is 0 Å². The zero-order valence-corrected chi connectivity index (χ0v) is 12.8. The number of aliphatic hydroxyl groups excluding tert-OH is 1. The molecule has 0 saturated heterocycles. The number of benzene rings is 1. The molecule has 1 amide bonds. The molecule has 1 aromatic heterocycles. The van der Waals surface area contributed by atoms with Crippen LogP contribution in [-0.2, 0) is 6.54 Å². The van der Waals surface area contributed by atoms with Crippen molar-refractivity contribution >= 4 is 17.5 Å². The predicted octanol–water partition coefficient (Wildman–Crippen LogP) is 2.00. The molecule has 21 heavy (non-hydrogen) atoms. The van der Waals surface area contributed by atoms with Crippen LogP contribution in [0.15, 0.2) is 30.3 Å². The molecule has 0 spiro atoms. The van der Waals surface area contributed by atoms with Gasteiger partial charge in [-0.2, -0.15) is 5.10 Å². The molecule has 2 aromatic rings. The van der Waals surface area contributed by atoms with Crippen LogP contribution < -0.4 is 5.32 Å². The Balaban J connectivity index is 2.23. The Morgan fingerprint density at radius 3 is 2.71 bits per heavy atom. The second kappa shape index (κ2) is 6.74. The third-order valence-electron chi connectivity index (χ3n) is 3.12. The summed E-state index contributed by atoms with van der Waals surface area (Å²) in [5.41, 5.74) is 1.98. The number of nitrogens with one attached hydrogen (secondary N) is 1. The summed E-state index contributed by atoms with van der Waals surface area (Å²) in [4.78, 5) is 12.2. The average molecular weight is 308 g/mol. The first kappa shape index (κ1) is 15.5. The first-order chi connectivity index (χ1) is 10.0. The molecule has 2 rings (SSSR count). The third-order valence-corrected chi connectivity index (χ3v) is 3.50. The van der Waals surface area contributed by atoms with E-state index in [-0.39, 0.29) is 18.6 Å². The van der Waals surface area contributed by atoms with E-state index in [1.807, 2.05) is 30.3 Å². The van der Waals surface area contributed by atoms with Gasteiger partial charge in [0.15, 0.2) is 0 Å². The van der Waals surface area contributed by atoms with Crippen LogP contribution in [0.25, 0.3) is 0 Å². The number of rotatable bonds is 5. The lowest BCUT2D eigenvalue weighted by atomic mass is 10.2. The molecule has 0 radical (unpaired) electrons. The van der Waals surface area contributed by atoms with Crippen molar-refractivity contribution in [1.29, 1.82) is 0 Å². The first-order valence-corrected chi connectivity index (χ1v) is 7.09. The maximum Gasteiger partial charge on any atom is 0.256 e. The fourth-order valence-corrected chi connectivity index (χ4v) is 2.33. The van der Waals surface area contributed by atoms with E-state index in [0.29, 0.717) is 23.0 Å². The summed E-state index contributed by atoms with van der Waals surface area (Å²) >= 11 is 6.28. The fraction of sp³-hybridized carbons (Fsp3) is 0.333. The highest BCUT2D eigenvalue weighted by atomic mass is 35.5. The molecule has 1 heterocycles. The molecule has 1 aromatic carbocycles. The molecule has 0 bridgehead atoms. The zero-order valence-electron chi connectivity index (χ0n) is 12.0. The van der Waals surface area contributed by atoms with Gasteiger partial charge in [0.2, 0.25) is 0 Å². The minimum absolute atomic E-state index is 0.124. The fourth-order valence-electron chi connectivity index (χ4n) is 2.01. The SMILES string of the molecule is Cc1nn(Cc2ccccc2)c(Cl)c1C(=O)NC(C)CO. The third kappa shape index (κ3) is 3.62. The molecule has 0 fully saturated rings. The van der Waals surface area contributed by atoms with Gasteiger partial charge in [0.1, 0.15) is 5.15 Å². The standard InChI is InChI=1S/C15H18ClN3O2/c1-10(9-20)17-15(21)13-11(2)18-19(14(13)16)8-12-6-4-3-5-7-12/h3-7,10,20H,8-9H2,1-2H3,(H,17,21). The zero-order chi connectivity index (χ0) is 15.4. The maximum absolute atomic E-state index is 12.2. The van der Waals surface area contributed by atoms with E-state index in [0.717, 1.165) is 5.56 Å². The van der Waals surface area contributed by atoms with E-state index < -0.39 is 0 Å². The van der Waals surface area contributed by atoms with Gasteiger partial charge in [0.05, 0.1) is 24.4 Å². The minimum atomic E-state index is -0.328. The Bertz CT molecular complexity index is 625. The second-order valence-corrected chi connectivity index (χ2v) is 5.31. The van der Waals surface area contributed by atoms with Crippen LogP contribution in [0.3, 0.4) is 0 Å². The highest BCUT2D eigenvalue weighted by Crippen LogP contribution is 2.21. The number of hydrogen-bond acceptors (Lipinski definition) is 3. The number of aryl methyl sites for hydroxylation is 1. The van der Waals surface area contributed by atoms with Crippen molar-refractivity contribution in [2.75, 3.05) is 6.61 Å². The molecule has 0 aliphatic rings. The summed E-state index contributed by atoms with van der Waals surface area (Å²) in [6.07, 6.45) is 0. The topological polar surface area (TPSA) is 67.2 Å². The number of amides is 1. The number of aromatic nitrogens is 2. The number of hydrogen-bond donors (Lipinski definition) is 2. The average Bonchev–Trinajstić information content (AvgIpc) is 2.74. The second-order valence-electron chi connectivity index (χ2n) is 4.95. The van der Waals surface area contributed by atoms with Crippen molar-refractivity contribution in [2.45, 2.75) is 26.4 Å². The molecule has 0 aliphatic carbocycles. The van der Waals surface area contributed by atoms with Crippen LogP contribution in [0.2, 0.25) is 5.15 Å². The molecule has 1 unspecified atom stereocenters. The smallest absolute Gasteiger partial charge is 0.256 e. The Morgan fingerprint density at radius 1 is 1.43 bits per heavy atom. The number of carbonyl (C=O) groups excluding carboxylic acids is 1. The summed E-state index contributed by atoms with van der Waals surface area (Å²) in [7, 11) is 0. The van der Waals surface area contributed by atoms with Crippen LogP contribution in [-0.4, -0.2) is 33.4 Å². The van der Waals surface area contributed by atoms with Gasteiger partial charge in [-0.15, -0.1) is 0 Å². The van der Waals surface area contributed by atoms with Gasteiger partial charge >= 0.3 is 0 Å². The van der Waals surface area contributed by atoms with Crippen molar-refractivity contribution in [3.63, 3.8) is 0 Å². The van der Waals surface area contributed by atoms with Crippen molar-refractivity contribution in [2.24, 2.45) is 0 Å². The number of nitrogens with zero attached hydrogens (tertiary/aromatic N) is 2. The van der Waals surface area contributed by atoms with Crippen LogP contribution in [0, 0.1) is 6.92 Å². The molecular formula is C15H18ClN3O2. The number of halogens is 1.